The van der Waals surface area contributed by atoms with Crippen molar-refractivity contribution >= 4 is 10.0 Å². The summed E-state index contributed by atoms with van der Waals surface area (Å²) in [6, 6.07) is 0. The molecule has 0 aromatic carbocycles. The Bertz CT molecular complexity index is 626. The number of aromatic nitrogens is 2. The van der Waals surface area contributed by atoms with E-state index in [4.69, 9.17) is 9.26 Å². The molecule has 8 heteroatoms. The third-order valence-electron chi connectivity index (χ3n) is 4.56. The van der Waals surface area contributed by atoms with Gasteiger partial charge in [-0.25, -0.2) is 8.42 Å². The van der Waals surface area contributed by atoms with Gasteiger partial charge in [0.1, 0.15) is 0 Å². The third-order valence-corrected chi connectivity index (χ3v) is 6.89. The summed E-state index contributed by atoms with van der Waals surface area (Å²) in [4.78, 5) is 4.19. The molecule has 0 unspecified atom stereocenters. The van der Waals surface area contributed by atoms with E-state index in [0.29, 0.717) is 37.1 Å². The number of hydrogen-bond acceptors (Lipinski definition) is 6. The first-order chi connectivity index (χ1) is 10.0. The number of ether oxygens (including phenoxy) is 1. The van der Waals surface area contributed by atoms with Gasteiger partial charge in [-0.3, -0.25) is 0 Å². The molecule has 1 aromatic heterocycles. The molecule has 0 bridgehead atoms. The first kappa shape index (κ1) is 13.7. The Hall–Kier alpha value is -0.990. The van der Waals surface area contributed by atoms with E-state index in [0.717, 1.165) is 19.3 Å². The highest BCUT2D eigenvalue weighted by atomic mass is 32.2. The summed E-state index contributed by atoms with van der Waals surface area (Å²) in [7, 11) is -3.07. The summed E-state index contributed by atoms with van der Waals surface area (Å²) in [6.07, 6.45) is 3.19. The molecular formula is C13H19N3O4S. The average Bonchev–Trinajstić information content (AvgIpc) is 2.95. The normalized spacial score (nSPS) is 33.5. The summed E-state index contributed by atoms with van der Waals surface area (Å²) in [5, 5.41) is 3.64. The molecule has 21 heavy (non-hydrogen) atoms. The van der Waals surface area contributed by atoms with Crippen LogP contribution in [-0.4, -0.2) is 53.4 Å². The summed E-state index contributed by atoms with van der Waals surface area (Å²) >= 11 is 0. The summed E-state index contributed by atoms with van der Waals surface area (Å²) in [5.74, 6) is 1.53. The lowest BCUT2D eigenvalue weighted by Crippen LogP contribution is -2.34. The van der Waals surface area contributed by atoms with Crippen molar-refractivity contribution in [3.05, 3.63) is 11.7 Å². The predicted octanol–water partition coefficient (Wildman–Crippen LogP) is 0.502. The Balaban J connectivity index is 1.37. The van der Waals surface area contributed by atoms with Gasteiger partial charge in [0, 0.05) is 19.0 Å². The van der Waals surface area contributed by atoms with E-state index in [1.54, 1.807) is 11.2 Å². The fourth-order valence-electron chi connectivity index (χ4n) is 3.36. The van der Waals surface area contributed by atoms with E-state index in [2.05, 4.69) is 10.1 Å². The highest BCUT2D eigenvalue weighted by Gasteiger charge is 2.49. The van der Waals surface area contributed by atoms with Gasteiger partial charge in [0.05, 0.1) is 23.9 Å². The SMILES string of the molecule is Cc1noc(C[C@@H]2C[C@H]3CN(S(=O)(=O)C4CC4)C[C@H]3O2)n1. The predicted molar refractivity (Wildman–Crippen MR) is 73.0 cm³/mol. The van der Waals surface area contributed by atoms with Crippen LogP contribution in [0.25, 0.3) is 0 Å². The lowest BCUT2D eigenvalue weighted by atomic mass is 10.0. The Morgan fingerprint density at radius 1 is 1.33 bits per heavy atom. The Morgan fingerprint density at radius 2 is 2.14 bits per heavy atom. The topological polar surface area (TPSA) is 85.5 Å². The number of fused-ring (bicyclic) bond motifs is 1. The van der Waals surface area contributed by atoms with Gasteiger partial charge in [-0.2, -0.15) is 9.29 Å². The van der Waals surface area contributed by atoms with Crippen LogP contribution in [0.5, 0.6) is 0 Å². The molecule has 3 fully saturated rings. The Morgan fingerprint density at radius 3 is 2.76 bits per heavy atom. The molecule has 3 atom stereocenters. The van der Waals surface area contributed by atoms with E-state index in [-0.39, 0.29) is 17.5 Å². The highest BCUT2D eigenvalue weighted by Crippen LogP contribution is 2.39. The van der Waals surface area contributed by atoms with Crippen molar-refractivity contribution in [2.75, 3.05) is 13.1 Å². The maximum atomic E-state index is 12.2. The van der Waals surface area contributed by atoms with Gasteiger partial charge in [-0.1, -0.05) is 5.16 Å². The molecule has 3 heterocycles. The molecule has 0 spiro atoms. The number of aryl methyl sites for hydroxylation is 1. The first-order valence-electron chi connectivity index (χ1n) is 7.46. The van der Waals surface area contributed by atoms with Gasteiger partial charge in [0.25, 0.3) is 0 Å². The second-order valence-electron chi connectivity index (χ2n) is 6.29. The highest BCUT2D eigenvalue weighted by molar-refractivity contribution is 7.90. The minimum atomic E-state index is -3.07. The van der Waals surface area contributed by atoms with Crippen molar-refractivity contribution < 1.29 is 17.7 Å². The number of rotatable bonds is 4. The molecule has 1 aliphatic carbocycles. The molecule has 7 nitrogen and oxygen atoms in total. The lowest BCUT2D eigenvalue weighted by molar-refractivity contribution is 0.0400. The third kappa shape index (κ3) is 2.49. The molecule has 1 aromatic rings. The summed E-state index contributed by atoms with van der Waals surface area (Å²) in [6.45, 7) is 2.89. The van der Waals surface area contributed by atoms with Crippen molar-refractivity contribution in [1.82, 2.24) is 14.4 Å². The van der Waals surface area contributed by atoms with Crippen molar-refractivity contribution in [1.29, 1.82) is 0 Å². The maximum Gasteiger partial charge on any atom is 0.229 e. The van der Waals surface area contributed by atoms with Crippen molar-refractivity contribution in [3.8, 4) is 0 Å². The molecule has 116 valence electrons. The smallest absolute Gasteiger partial charge is 0.229 e. The molecule has 0 amide bonds. The molecule has 2 aliphatic heterocycles. The Labute approximate surface area is 123 Å². The second kappa shape index (κ2) is 4.76. The van der Waals surface area contributed by atoms with Crippen molar-refractivity contribution in [2.45, 2.75) is 50.1 Å². The molecule has 3 aliphatic rings. The van der Waals surface area contributed by atoms with Crippen LogP contribution in [0.3, 0.4) is 0 Å². The zero-order chi connectivity index (χ0) is 14.6. The average molecular weight is 313 g/mol. The van der Waals surface area contributed by atoms with Crippen LogP contribution in [-0.2, 0) is 21.2 Å². The van der Waals surface area contributed by atoms with Gasteiger partial charge in [-0.05, 0) is 26.2 Å². The minimum Gasteiger partial charge on any atom is -0.373 e. The largest absolute Gasteiger partial charge is 0.373 e. The number of hydrogen-bond donors (Lipinski definition) is 0. The van der Waals surface area contributed by atoms with Crippen LogP contribution in [0.4, 0.5) is 0 Å². The number of sulfonamides is 1. The standard InChI is InChI=1S/C13H19N3O4S/c1-8-14-13(20-15-8)5-10-4-9-6-16(7-12(9)19-10)21(17,18)11-2-3-11/h9-12H,2-7H2,1H3/t9-,10-,12+/m0/s1. The van der Waals surface area contributed by atoms with Crippen LogP contribution in [0.2, 0.25) is 0 Å². The second-order valence-corrected chi connectivity index (χ2v) is 8.51. The first-order valence-corrected chi connectivity index (χ1v) is 8.96. The molecular weight excluding hydrogens is 294 g/mol. The van der Waals surface area contributed by atoms with Crippen LogP contribution in [0, 0.1) is 12.8 Å². The fourth-order valence-corrected chi connectivity index (χ4v) is 5.27. The van der Waals surface area contributed by atoms with E-state index in [9.17, 15) is 8.42 Å². The van der Waals surface area contributed by atoms with Crippen LogP contribution in [0.15, 0.2) is 4.52 Å². The zero-order valence-corrected chi connectivity index (χ0v) is 12.8. The van der Waals surface area contributed by atoms with Crippen molar-refractivity contribution in [3.63, 3.8) is 0 Å². The van der Waals surface area contributed by atoms with Crippen molar-refractivity contribution in [2.24, 2.45) is 5.92 Å². The summed E-state index contributed by atoms with van der Waals surface area (Å²) in [5.41, 5.74) is 0. The molecule has 4 rings (SSSR count). The van der Waals surface area contributed by atoms with Crippen LogP contribution in [0.1, 0.15) is 31.0 Å². The van der Waals surface area contributed by atoms with Crippen LogP contribution >= 0.6 is 0 Å². The summed E-state index contributed by atoms with van der Waals surface area (Å²) < 4.78 is 37.2. The minimum absolute atomic E-state index is 0.0209. The van der Waals surface area contributed by atoms with Gasteiger partial charge in [0.2, 0.25) is 15.9 Å². The Kier molecular flexibility index (Phi) is 3.09. The van der Waals surface area contributed by atoms with Gasteiger partial charge in [-0.15, -0.1) is 0 Å². The number of nitrogens with zero attached hydrogens (tertiary/aromatic N) is 3. The van der Waals surface area contributed by atoms with Gasteiger partial charge < -0.3 is 9.26 Å². The van der Waals surface area contributed by atoms with Crippen LogP contribution < -0.4 is 0 Å². The van der Waals surface area contributed by atoms with E-state index in [1.807, 2.05) is 0 Å². The zero-order valence-electron chi connectivity index (χ0n) is 11.9. The van der Waals surface area contributed by atoms with E-state index < -0.39 is 10.0 Å². The molecule has 2 saturated heterocycles. The fraction of sp³-hybridized carbons (Fsp3) is 0.846. The molecule has 1 saturated carbocycles. The molecule has 0 radical (unpaired) electrons. The lowest BCUT2D eigenvalue weighted by Gasteiger charge is -2.18. The van der Waals surface area contributed by atoms with E-state index >= 15 is 0 Å². The quantitative estimate of drug-likeness (QED) is 0.805. The monoisotopic (exact) mass is 313 g/mol. The van der Waals surface area contributed by atoms with E-state index in [1.165, 1.54) is 0 Å². The maximum absolute atomic E-state index is 12.2. The van der Waals surface area contributed by atoms with Gasteiger partial charge in [0.15, 0.2) is 5.82 Å². The molecule has 0 N–H and O–H groups in total. The van der Waals surface area contributed by atoms with Gasteiger partial charge >= 0.3 is 0 Å².